The minimum Gasteiger partial charge on any atom is -0.462 e. The topological polar surface area (TPSA) is 64.4 Å². The Morgan fingerprint density at radius 2 is 1.84 bits per heavy atom. The van der Waals surface area contributed by atoms with Crippen molar-refractivity contribution in [3.63, 3.8) is 0 Å². The van der Waals surface area contributed by atoms with Crippen LogP contribution in [0.2, 0.25) is 0 Å². The SMILES string of the molecule is CCOC(=O)c1cnn(-c2ccc(C(=O)N3CCCC3c3ccccc3C)cc2)c1C. The van der Waals surface area contributed by atoms with Crippen molar-refractivity contribution in [3.05, 3.63) is 82.7 Å². The van der Waals surface area contributed by atoms with Crippen LogP contribution in [0.3, 0.4) is 0 Å². The minimum atomic E-state index is -0.380. The third-order valence-electron chi connectivity index (χ3n) is 5.93. The molecule has 4 rings (SSSR count). The van der Waals surface area contributed by atoms with Gasteiger partial charge in [-0.3, -0.25) is 4.79 Å². The summed E-state index contributed by atoms with van der Waals surface area (Å²) >= 11 is 0. The summed E-state index contributed by atoms with van der Waals surface area (Å²) in [6, 6.07) is 15.8. The van der Waals surface area contributed by atoms with Crippen LogP contribution in [-0.4, -0.2) is 39.7 Å². The summed E-state index contributed by atoms with van der Waals surface area (Å²) in [5.41, 5.74) is 5.04. The molecule has 1 saturated heterocycles. The molecule has 2 heterocycles. The van der Waals surface area contributed by atoms with Gasteiger partial charge in [0.05, 0.1) is 30.2 Å². The summed E-state index contributed by atoms with van der Waals surface area (Å²) in [6.45, 7) is 6.79. The number of ether oxygens (including phenoxy) is 1. The summed E-state index contributed by atoms with van der Waals surface area (Å²) in [5, 5.41) is 4.32. The van der Waals surface area contributed by atoms with Crippen molar-refractivity contribution in [2.24, 2.45) is 0 Å². The van der Waals surface area contributed by atoms with Gasteiger partial charge in [0.25, 0.3) is 5.91 Å². The molecule has 6 heteroatoms. The summed E-state index contributed by atoms with van der Waals surface area (Å²) in [6.07, 6.45) is 3.51. The highest BCUT2D eigenvalue weighted by atomic mass is 16.5. The molecule has 1 fully saturated rings. The number of rotatable bonds is 5. The molecular weight excluding hydrogens is 390 g/mol. The smallest absolute Gasteiger partial charge is 0.341 e. The van der Waals surface area contributed by atoms with E-state index in [0.717, 1.165) is 25.1 Å². The number of hydrogen-bond donors (Lipinski definition) is 0. The summed E-state index contributed by atoms with van der Waals surface area (Å²) in [7, 11) is 0. The van der Waals surface area contributed by atoms with Crippen molar-refractivity contribution in [3.8, 4) is 5.69 Å². The molecule has 3 aromatic rings. The minimum absolute atomic E-state index is 0.0432. The van der Waals surface area contributed by atoms with Crippen molar-refractivity contribution in [2.75, 3.05) is 13.2 Å². The van der Waals surface area contributed by atoms with Crippen molar-refractivity contribution in [1.82, 2.24) is 14.7 Å². The molecule has 1 unspecified atom stereocenters. The first kappa shape index (κ1) is 20.8. The van der Waals surface area contributed by atoms with Crippen LogP contribution in [-0.2, 0) is 4.74 Å². The van der Waals surface area contributed by atoms with Gasteiger partial charge in [0.2, 0.25) is 0 Å². The van der Waals surface area contributed by atoms with Gasteiger partial charge in [-0.25, -0.2) is 9.48 Å². The monoisotopic (exact) mass is 417 g/mol. The molecular formula is C25H27N3O3. The van der Waals surface area contributed by atoms with E-state index >= 15 is 0 Å². The van der Waals surface area contributed by atoms with E-state index in [1.807, 2.05) is 48.2 Å². The van der Waals surface area contributed by atoms with Crippen LogP contribution >= 0.6 is 0 Å². The molecule has 1 atom stereocenters. The van der Waals surface area contributed by atoms with Gasteiger partial charge in [0.1, 0.15) is 5.56 Å². The van der Waals surface area contributed by atoms with Gasteiger partial charge in [-0.05, 0) is 69.0 Å². The van der Waals surface area contributed by atoms with Gasteiger partial charge in [-0.2, -0.15) is 5.10 Å². The van der Waals surface area contributed by atoms with E-state index in [-0.39, 0.29) is 17.9 Å². The number of carbonyl (C=O) groups excluding carboxylic acids is 2. The van der Waals surface area contributed by atoms with E-state index in [2.05, 4.69) is 24.2 Å². The Labute approximate surface area is 182 Å². The summed E-state index contributed by atoms with van der Waals surface area (Å²) in [5.74, 6) is -0.337. The fourth-order valence-corrected chi connectivity index (χ4v) is 4.28. The van der Waals surface area contributed by atoms with Crippen molar-refractivity contribution in [1.29, 1.82) is 0 Å². The highest BCUT2D eigenvalue weighted by molar-refractivity contribution is 5.95. The van der Waals surface area contributed by atoms with Crippen LogP contribution in [0.25, 0.3) is 5.69 Å². The molecule has 31 heavy (non-hydrogen) atoms. The van der Waals surface area contributed by atoms with Gasteiger partial charge in [0.15, 0.2) is 0 Å². The molecule has 0 spiro atoms. The van der Waals surface area contributed by atoms with Gasteiger partial charge in [0, 0.05) is 12.1 Å². The normalized spacial score (nSPS) is 15.8. The van der Waals surface area contributed by atoms with Crippen LogP contribution in [0.4, 0.5) is 0 Å². The first-order chi connectivity index (χ1) is 15.0. The number of carbonyl (C=O) groups is 2. The molecule has 1 aliphatic rings. The lowest BCUT2D eigenvalue weighted by atomic mass is 9.99. The number of hydrogen-bond acceptors (Lipinski definition) is 4. The zero-order chi connectivity index (χ0) is 22.0. The number of amides is 1. The molecule has 0 N–H and O–H groups in total. The summed E-state index contributed by atoms with van der Waals surface area (Å²) < 4.78 is 6.76. The maximum absolute atomic E-state index is 13.3. The number of aromatic nitrogens is 2. The Bertz CT molecular complexity index is 1100. The molecule has 0 bridgehead atoms. The van der Waals surface area contributed by atoms with Gasteiger partial charge < -0.3 is 9.64 Å². The molecule has 1 aromatic heterocycles. The second kappa shape index (κ2) is 8.76. The third-order valence-corrected chi connectivity index (χ3v) is 5.93. The first-order valence-corrected chi connectivity index (χ1v) is 10.7. The van der Waals surface area contributed by atoms with E-state index in [0.29, 0.717) is 23.4 Å². The quantitative estimate of drug-likeness (QED) is 0.567. The lowest BCUT2D eigenvalue weighted by molar-refractivity contribution is 0.0525. The molecule has 0 saturated carbocycles. The Morgan fingerprint density at radius 1 is 1.10 bits per heavy atom. The molecule has 0 radical (unpaired) electrons. The van der Waals surface area contributed by atoms with Gasteiger partial charge >= 0.3 is 5.97 Å². The molecule has 2 aromatic carbocycles. The fourth-order valence-electron chi connectivity index (χ4n) is 4.28. The van der Waals surface area contributed by atoms with Crippen LogP contribution in [0.1, 0.15) is 63.3 Å². The number of nitrogens with zero attached hydrogens (tertiary/aromatic N) is 3. The number of likely N-dealkylation sites (tertiary alicyclic amines) is 1. The Morgan fingerprint density at radius 3 is 2.55 bits per heavy atom. The summed E-state index contributed by atoms with van der Waals surface area (Å²) in [4.78, 5) is 27.3. The standard InChI is InChI=1S/C25H27N3O3/c1-4-31-25(30)22-16-26-28(18(22)3)20-13-11-19(12-14-20)24(29)27-15-7-10-23(27)21-9-6-5-8-17(21)2/h5-6,8-9,11-14,16,23H,4,7,10,15H2,1-3H3. The van der Waals surface area contributed by atoms with E-state index in [4.69, 9.17) is 4.74 Å². The molecule has 1 amide bonds. The van der Waals surface area contributed by atoms with Crippen molar-refractivity contribution in [2.45, 2.75) is 39.7 Å². The Kier molecular flexibility index (Phi) is 5.89. The van der Waals surface area contributed by atoms with Crippen molar-refractivity contribution < 1.29 is 14.3 Å². The maximum atomic E-state index is 13.3. The van der Waals surface area contributed by atoms with E-state index in [1.165, 1.54) is 17.3 Å². The largest absolute Gasteiger partial charge is 0.462 e. The highest BCUT2D eigenvalue weighted by Gasteiger charge is 2.31. The lowest BCUT2D eigenvalue weighted by Gasteiger charge is -2.26. The average Bonchev–Trinajstić information content (AvgIpc) is 3.41. The highest BCUT2D eigenvalue weighted by Crippen LogP contribution is 2.34. The number of esters is 1. The Hall–Kier alpha value is -3.41. The van der Waals surface area contributed by atoms with Gasteiger partial charge in [-0.15, -0.1) is 0 Å². The van der Waals surface area contributed by atoms with E-state index in [1.54, 1.807) is 11.6 Å². The van der Waals surface area contributed by atoms with Crippen molar-refractivity contribution >= 4 is 11.9 Å². The lowest BCUT2D eigenvalue weighted by Crippen LogP contribution is -2.30. The van der Waals surface area contributed by atoms with Crippen LogP contribution in [0, 0.1) is 13.8 Å². The first-order valence-electron chi connectivity index (χ1n) is 10.7. The second-order valence-corrected chi connectivity index (χ2v) is 7.84. The molecule has 6 nitrogen and oxygen atoms in total. The zero-order valence-electron chi connectivity index (χ0n) is 18.2. The predicted molar refractivity (Wildman–Crippen MR) is 118 cm³/mol. The fraction of sp³-hybridized carbons (Fsp3) is 0.320. The van der Waals surface area contributed by atoms with Crippen LogP contribution < -0.4 is 0 Å². The Balaban J connectivity index is 1.55. The molecule has 1 aliphatic heterocycles. The predicted octanol–water partition coefficient (Wildman–Crippen LogP) is 4.64. The van der Waals surface area contributed by atoms with E-state index in [9.17, 15) is 9.59 Å². The van der Waals surface area contributed by atoms with Crippen LogP contribution in [0.15, 0.2) is 54.7 Å². The molecule has 0 aliphatic carbocycles. The molecule has 160 valence electrons. The van der Waals surface area contributed by atoms with E-state index < -0.39 is 0 Å². The third kappa shape index (κ3) is 3.98. The average molecular weight is 418 g/mol. The maximum Gasteiger partial charge on any atom is 0.341 e. The van der Waals surface area contributed by atoms with Gasteiger partial charge in [-0.1, -0.05) is 24.3 Å². The second-order valence-electron chi connectivity index (χ2n) is 7.84. The zero-order valence-corrected chi connectivity index (χ0v) is 18.2. The van der Waals surface area contributed by atoms with Crippen LogP contribution in [0.5, 0.6) is 0 Å². The number of aryl methyl sites for hydroxylation is 1. The number of benzene rings is 2.